The van der Waals surface area contributed by atoms with E-state index in [1.54, 1.807) is 24.3 Å². The molecule has 3 heteroatoms. The van der Waals surface area contributed by atoms with Gasteiger partial charge in [-0.2, -0.15) is 5.26 Å². The van der Waals surface area contributed by atoms with Gasteiger partial charge < -0.3 is 5.32 Å². The van der Waals surface area contributed by atoms with Gasteiger partial charge in [-0.1, -0.05) is 13.8 Å². The van der Waals surface area contributed by atoms with Crippen LogP contribution in [0.1, 0.15) is 19.4 Å². The first-order valence-electron chi connectivity index (χ1n) is 4.44. The molecule has 0 bridgehead atoms. The predicted octanol–water partition coefficient (Wildman–Crippen LogP) is 2.15. The lowest BCUT2D eigenvalue weighted by Gasteiger charge is -2.06. The van der Waals surface area contributed by atoms with Gasteiger partial charge in [-0.05, 0) is 24.3 Å². The van der Waals surface area contributed by atoms with Crippen LogP contribution < -0.4 is 5.32 Å². The van der Waals surface area contributed by atoms with Crippen LogP contribution in [0.15, 0.2) is 24.3 Å². The van der Waals surface area contributed by atoms with Crippen LogP contribution in [0.2, 0.25) is 0 Å². The maximum Gasteiger partial charge on any atom is 0.226 e. The highest BCUT2D eigenvalue weighted by molar-refractivity contribution is 5.92. The second-order valence-electron chi connectivity index (χ2n) is 3.33. The van der Waals surface area contributed by atoms with Crippen molar-refractivity contribution in [3.05, 3.63) is 29.8 Å². The fourth-order valence-electron chi connectivity index (χ4n) is 0.915. The van der Waals surface area contributed by atoms with Crippen molar-refractivity contribution in [1.82, 2.24) is 0 Å². The second kappa shape index (κ2) is 4.43. The third-order valence-corrected chi connectivity index (χ3v) is 1.81. The summed E-state index contributed by atoms with van der Waals surface area (Å²) in [6.07, 6.45) is 0. The molecule has 1 amide bonds. The number of benzene rings is 1. The first-order valence-corrected chi connectivity index (χ1v) is 4.44. The van der Waals surface area contributed by atoms with E-state index in [9.17, 15) is 4.79 Å². The molecular weight excluding hydrogens is 176 g/mol. The van der Waals surface area contributed by atoms with Crippen LogP contribution in [0.4, 0.5) is 5.69 Å². The predicted molar refractivity (Wildman–Crippen MR) is 54.6 cm³/mol. The summed E-state index contributed by atoms with van der Waals surface area (Å²) in [5.74, 6) is -0.0552. The van der Waals surface area contributed by atoms with E-state index in [0.717, 1.165) is 5.69 Å². The number of anilines is 1. The second-order valence-corrected chi connectivity index (χ2v) is 3.33. The summed E-state index contributed by atoms with van der Waals surface area (Å²) in [6.45, 7) is 3.66. The normalized spacial score (nSPS) is 9.57. The van der Waals surface area contributed by atoms with Crippen molar-refractivity contribution in [2.75, 3.05) is 5.32 Å². The summed E-state index contributed by atoms with van der Waals surface area (Å²) in [6, 6.07) is 8.81. The third-order valence-electron chi connectivity index (χ3n) is 1.81. The van der Waals surface area contributed by atoms with Crippen molar-refractivity contribution in [1.29, 1.82) is 5.26 Å². The van der Waals surface area contributed by atoms with E-state index in [1.807, 2.05) is 19.9 Å². The van der Waals surface area contributed by atoms with Crippen LogP contribution in [-0.4, -0.2) is 5.91 Å². The smallest absolute Gasteiger partial charge is 0.226 e. The molecule has 0 heterocycles. The largest absolute Gasteiger partial charge is 0.326 e. The quantitative estimate of drug-likeness (QED) is 0.773. The summed E-state index contributed by atoms with van der Waals surface area (Å²) >= 11 is 0. The van der Waals surface area contributed by atoms with Gasteiger partial charge in [0, 0.05) is 11.6 Å². The highest BCUT2D eigenvalue weighted by Gasteiger charge is 2.06. The molecule has 1 rings (SSSR count). The molecule has 14 heavy (non-hydrogen) atoms. The van der Waals surface area contributed by atoms with E-state index < -0.39 is 0 Å². The molecule has 0 saturated heterocycles. The molecule has 0 aliphatic carbocycles. The molecule has 3 nitrogen and oxygen atoms in total. The van der Waals surface area contributed by atoms with Crippen molar-refractivity contribution in [3.8, 4) is 6.07 Å². The first kappa shape index (κ1) is 10.3. The number of nitrogens with one attached hydrogen (secondary N) is 1. The van der Waals surface area contributed by atoms with Crippen LogP contribution in [0.25, 0.3) is 0 Å². The monoisotopic (exact) mass is 188 g/mol. The summed E-state index contributed by atoms with van der Waals surface area (Å²) in [5.41, 5.74) is 1.32. The van der Waals surface area contributed by atoms with E-state index in [0.29, 0.717) is 5.56 Å². The number of amides is 1. The Labute approximate surface area is 83.4 Å². The third kappa shape index (κ3) is 2.60. The lowest BCUT2D eigenvalue weighted by molar-refractivity contribution is -0.118. The van der Waals surface area contributed by atoms with E-state index in [1.165, 1.54) is 0 Å². The maximum absolute atomic E-state index is 11.3. The summed E-state index contributed by atoms with van der Waals surface area (Å²) in [4.78, 5) is 11.3. The van der Waals surface area contributed by atoms with Crippen molar-refractivity contribution >= 4 is 11.6 Å². The lowest BCUT2D eigenvalue weighted by Crippen LogP contribution is -2.17. The molecule has 0 radical (unpaired) electrons. The fourth-order valence-corrected chi connectivity index (χ4v) is 0.915. The van der Waals surface area contributed by atoms with Gasteiger partial charge in [0.25, 0.3) is 0 Å². The van der Waals surface area contributed by atoms with Crippen molar-refractivity contribution in [2.24, 2.45) is 5.92 Å². The van der Waals surface area contributed by atoms with Gasteiger partial charge in [0.2, 0.25) is 5.91 Å². The number of hydrogen-bond donors (Lipinski definition) is 1. The highest BCUT2D eigenvalue weighted by atomic mass is 16.1. The summed E-state index contributed by atoms with van der Waals surface area (Å²) in [7, 11) is 0. The number of nitriles is 1. The van der Waals surface area contributed by atoms with Crippen molar-refractivity contribution in [2.45, 2.75) is 13.8 Å². The minimum absolute atomic E-state index is 0.0188. The molecule has 0 atom stereocenters. The summed E-state index contributed by atoms with van der Waals surface area (Å²) < 4.78 is 0. The molecule has 1 aromatic rings. The zero-order chi connectivity index (χ0) is 10.6. The maximum atomic E-state index is 11.3. The van der Waals surface area contributed by atoms with E-state index in [-0.39, 0.29) is 11.8 Å². The Morgan fingerprint density at radius 3 is 2.36 bits per heavy atom. The Bertz CT molecular complexity index is 360. The SMILES string of the molecule is CC(C)C(=O)Nc1ccc(C#N)cc1. The molecule has 72 valence electrons. The van der Waals surface area contributed by atoms with Gasteiger partial charge in [0.05, 0.1) is 11.6 Å². The molecule has 1 N–H and O–H groups in total. The van der Waals surface area contributed by atoms with E-state index in [4.69, 9.17) is 5.26 Å². The fraction of sp³-hybridized carbons (Fsp3) is 0.273. The zero-order valence-corrected chi connectivity index (χ0v) is 8.24. The minimum Gasteiger partial charge on any atom is -0.326 e. The molecule has 1 aromatic carbocycles. The molecule has 0 spiro atoms. The van der Waals surface area contributed by atoms with Gasteiger partial charge >= 0.3 is 0 Å². The average Bonchev–Trinajstić information content (AvgIpc) is 2.19. The Hall–Kier alpha value is -1.82. The molecular formula is C11H12N2O. The van der Waals surface area contributed by atoms with Gasteiger partial charge in [0.15, 0.2) is 0 Å². The Kier molecular flexibility index (Phi) is 3.24. The molecule has 0 aromatic heterocycles. The first-order chi connectivity index (χ1) is 6.63. The molecule has 0 aliphatic rings. The topological polar surface area (TPSA) is 52.9 Å². The Morgan fingerprint density at radius 2 is 1.93 bits per heavy atom. The van der Waals surface area contributed by atoms with Crippen LogP contribution in [0, 0.1) is 17.2 Å². The molecule has 0 aliphatic heterocycles. The number of hydrogen-bond acceptors (Lipinski definition) is 2. The van der Waals surface area contributed by atoms with Gasteiger partial charge in [-0.15, -0.1) is 0 Å². The number of nitrogens with zero attached hydrogens (tertiary/aromatic N) is 1. The van der Waals surface area contributed by atoms with Gasteiger partial charge in [-0.25, -0.2) is 0 Å². The van der Waals surface area contributed by atoms with Crippen molar-refractivity contribution < 1.29 is 4.79 Å². The number of rotatable bonds is 2. The van der Waals surface area contributed by atoms with Crippen LogP contribution in [0.5, 0.6) is 0 Å². The van der Waals surface area contributed by atoms with Crippen LogP contribution in [0.3, 0.4) is 0 Å². The lowest BCUT2D eigenvalue weighted by atomic mass is 10.2. The van der Waals surface area contributed by atoms with E-state index >= 15 is 0 Å². The van der Waals surface area contributed by atoms with Crippen molar-refractivity contribution in [3.63, 3.8) is 0 Å². The van der Waals surface area contributed by atoms with Gasteiger partial charge in [0.1, 0.15) is 0 Å². The zero-order valence-electron chi connectivity index (χ0n) is 8.24. The van der Waals surface area contributed by atoms with Crippen LogP contribution in [-0.2, 0) is 4.79 Å². The Balaban J connectivity index is 2.70. The molecule has 0 unspecified atom stereocenters. The number of carbonyl (C=O) groups excluding carboxylic acids is 1. The highest BCUT2D eigenvalue weighted by Crippen LogP contribution is 2.09. The minimum atomic E-state index is -0.0364. The number of carbonyl (C=O) groups is 1. The molecule has 0 fully saturated rings. The van der Waals surface area contributed by atoms with Crippen LogP contribution >= 0.6 is 0 Å². The Morgan fingerprint density at radius 1 is 1.36 bits per heavy atom. The van der Waals surface area contributed by atoms with E-state index in [2.05, 4.69) is 5.32 Å². The summed E-state index contributed by atoms with van der Waals surface area (Å²) in [5, 5.41) is 11.3. The van der Waals surface area contributed by atoms with Gasteiger partial charge in [-0.3, -0.25) is 4.79 Å². The average molecular weight is 188 g/mol. The standard InChI is InChI=1S/C11H12N2O/c1-8(2)11(14)13-10-5-3-9(7-12)4-6-10/h3-6,8H,1-2H3,(H,13,14). The molecule has 0 saturated carbocycles.